The maximum Gasteiger partial charge on any atom is 0.424 e. The first kappa shape index (κ1) is 27.1. The van der Waals surface area contributed by atoms with Gasteiger partial charge in [0.2, 0.25) is 5.60 Å². The van der Waals surface area contributed by atoms with E-state index in [4.69, 9.17) is 4.74 Å². The molecule has 6 rings (SSSR count). The van der Waals surface area contributed by atoms with Crippen LogP contribution in [0.3, 0.4) is 0 Å². The van der Waals surface area contributed by atoms with E-state index < -0.39 is 35.7 Å². The molecule has 41 heavy (non-hydrogen) atoms. The van der Waals surface area contributed by atoms with Gasteiger partial charge in [0.05, 0.1) is 30.1 Å². The second-order valence-corrected chi connectivity index (χ2v) is 10.6. The Labute approximate surface area is 232 Å². The number of fused-ring (bicyclic) bond motifs is 2. The molecule has 3 heterocycles. The minimum absolute atomic E-state index is 0.0598. The van der Waals surface area contributed by atoms with Crippen LogP contribution in [-0.4, -0.2) is 45.5 Å². The van der Waals surface area contributed by atoms with Gasteiger partial charge >= 0.3 is 6.18 Å². The van der Waals surface area contributed by atoms with Crippen molar-refractivity contribution < 1.29 is 32.2 Å². The van der Waals surface area contributed by atoms with Crippen LogP contribution in [0.25, 0.3) is 22.2 Å². The molecule has 1 fully saturated rings. The Morgan fingerprint density at radius 1 is 1.07 bits per heavy atom. The summed E-state index contributed by atoms with van der Waals surface area (Å²) in [6.45, 7) is 0.933. The van der Waals surface area contributed by atoms with Crippen LogP contribution in [-0.2, 0) is 5.60 Å². The van der Waals surface area contributed by atoms with Gasteiger partial charge in [0.1, 0.15) is 17.3 Å². The second kappa shape index (κ2) is 10.1. The Balaban J connectivity index is 1.34. The number of hydrogen-bond donors (Lipinski definition) is 2. The van der Waals surface area contributed by atoms with Crippen LogP contribution in [0.5, 0.6) is 5.75 Å². The molecule has 2 N–H and O–H groups in total. The Hall–Kier alpha value is -4.12. The van der Waals surface area contributed by atoms with Crippen molar-refractivity contribution in [3.63, 3.8) is 0 Å². The molecule has 0 unspecified atom stereocenters. The van der Waals surface area contributed by atoms with Crippen molar-refractivity contribution in [2.45, 2.75) is 49.8 Å². The molecule has 212 valence electrons. The quantitative estimate of drug-likeness (QED) is 0.276. The summed E-state index contributed by atoms with van der Waals surface area (Å²) in [5.74, 6) is -0.907. The lowest BCUT2D eigenvalue weighted by molar-refractivity contribution is -0.265. The lowest BCUT2D eigenvalue weighted by atomic mass is 9.91. The average molecular weight is 567 g/mol. The molecule has 0 radical (unpaired) electrons. The fraction of sp³-hybridized carbons (Fsp3) is 0.333. The number of benzene rings is 2. The molecule has 1 aliphatic heterocycles. The van der Waals surface area contributed by atoms with Gasteiger partial charge in [-0.15, -0.1) is 0 Å². The fourth-order valence-electron chi connectivity index (χ4n) is 5.06. The predicted octanol–water partition coefficient (Wildman–Crippen LogP) is 5.77. The highest BCUT2D eigenvalue weighted by atomic mass is 19.4. The number of carbonyl (C=O) groups is 1. The molecular weight excluding hydrogens is 540 g/mol. The lowest BCUT2D eigenvalue weighted by Crippen LogP contribution is -2.51. The number of aliphatic hydroxyl groups is 1. The largest absolute Gasteiger partial charge is 0.490 e. The van der Waals surface area contributed by atoms with Gasteiger partial charge in [0, 0.05) is 33.9 Å². The number of ether oxygens (including phenoxy) is 1. The summed E-state index contributed by atoms with van der Waals surface area (Å²) in [4.78, 5) is 17.2. The number of hydrogen-bond acceptors (Lipinski definition) is 6. The van der Waals surface area contributed by atoms with Crippen LogP contribution < -0.4 is 10.1 Å². The van der Waals surface area contributed by atoms with Gasteiger partial charge in [-0.2, -0.15) is 23.4 Å². The van der Waals surface area contributed by atoms with Crippen molar-refractivity contribution in [3.8, 4) is 17.0 Å². The van der Waals surface area contributed by atoms with Crippen molar-refractivity contribution in [1.29, 1.82) is 0 Å². The van der Waals surface area contributed by atoms with Gasteiger partial charge in [-0.05, 0) is 73.9 Å². The van der Waals surface area contributed by atoms with Crippen LogP contribution >= 0.6 is 0 Å². The Morgan fingerprint density at radius 3 is 2.51 bits per heavy atom. The van der Waals surface area contributed by atoms with E-state index in [9.17, 15) is 27.5 Å². The van der Waals surface area contributed by atoms with E-state index in [0.29, 0.717) is 40.1 Å². The highest BCUT2D eigenvalue weighted by molar-refractivity contribution is 5.98. The van der Waals surface area contributed by atoms with Crippen LogP contribution in [0.15, 0.2) is 54.6 Å². The third-order valence-corrected chi connectivity index (χ3v) is 7.74. The van der Waals surface area contributed by atoms with Crippen LogP contribution in [0.4, 0.5) is 17.6 Å². The van der Waals surface area contributed by atoms with Gasteiger partial charge < -0.3 is 15.2 Å². The fourth-order valence-corrected chi connectivity index (χ4v) is 5.06. The SMILES string of the molecule is CC[C@@H]1COc2c1cc([C@@](O)(CNC(=O)c1ccc3nnc(C4CC4)cc3c1)C(F)(F)F)nc2-c1ccc(F)cc1. The topological polar surface area (TPSA) is 97.2 Å². The molecule has 1 saturated carbocycles. The van der Waals surface area contributed by atoms with Crippen molar-refractivity contribution in [1.82, 2.24) is 20.5 Å². The van der Waals surface area contributed by atoms with Crippen LogP contribution in [0, 0.1) is 5.82 Å². The number of carbonyl (C=O) groups excluding carboxylic acids is 1. The van der Waals surface area contributed by atoms with E-state index in [-0.39, 0.29) is 23.8 Å². The third-order valence-electron chi connectivity index (χ3n) is 7.74. The zero-order chi connectivity index (χ0) is 28.9. The summed E-state index contributed by atoms with van der Waals surface area (Å²) in [6.07, 6.45) is -2.58. The molecule has 2 atom stereocenters. The van der Waals surface area contributed by atoms with E-state index in [0.717, 1.165) is 18.5 Å². The van der Waals surface area contributed by atoms with Crippen molar-refractivity contribution in [2.24, 2.45) is 0 Å². The molecule has 4 aromatic rings. The standard InChI is InChI=1S/C30H26F4N4O3/c1-2-16-14-41-27-22(16)13-25(36-26(27)18-5-8-21(31)9-6-18)29(40,30(32,33)34)15-35-28(39)19-7-10-23-20(11-19)12-24(38-37-23)17-3-4-17/h5-13,16-17,40H,2-4,14-15H2,1H3,(H,35,39)/t16-,29+/m1/s1. The average Bonchev–Trinajstić information content (AvgIpc) is 3.73. The number of rotatable bonds is 7. The summed E-state index contributed by atoms with van der Waals surface area (Å²) < 4.78 is 63.1. The van der Waals surface area contributed by atoms with E-state index in [2.05, 4.69) is 20.5 Å². The first-order chi connectivity index (χ1) is 19.6. The number of amides is 1. The molecule has 1 aliphatic carbocycles. The van der Waals surface area contributed by atoms with Gasteiger partial charge in [-0.3, -0.25) is 4.79 Å². The smallest absolute Gasteiger partial charge is 0.424 e. The third kappa shape index (κ3) is 4.99. The van der Waals surface area contributed by atoms with Crippen molar-refractivity contribution >= 4 is 16.8 Å². The highest BCUT2D eigenvalue weighted by Crippen LogP contribution is 2.46. The Bertz CT molecular complexity index is 1640. The van der Waals surface area contributed by atoms with Crippen LogP contribution in [0.1, 0.15) is 65.3 Å². The minimum Gasteiger partial charge on any atom is -0.490 e. The summed E-state index contributed by atoms with van der Waals surface area (Å²) in [6, 6.07) is 12.7. The Kier molecular flexibility index (Phi) is 6.64. The van der Waals surface area contributed by atoms with Crippen LogP contribution in [0.2, 0.25) is 0 Å². The predicted molar refractivity (Wildman–Crippen MR) is 142 cm³/mol. The van der Waals surface area contributed by atoms with Gasteiger partial charge in [-0.25, -0.2) is 9.37 Å². The number of nitrogens with zero attached hydrogens (tertiary/aromatic N) is 3. The number of pyridine rings is 1. The molecule has 7 nitrogen and oxygen atoms in total. The molecule has 2 aliphatic rings. The van der Waals surface area contributed by atoms with Crippen molar-refractivity contribution in [2.75, 3.05) is 13.2 Å². The van der Waals surface area contributed by atoms with E-state index >= 15 is 0 Å². The molecule has 11 heteroatoms. The highest BCUT2D eigenvalue weighted by Gasteiger charge is 2.57. The number of halogens is 4. The van der Waals surface area contributed by atoms with E-state index in [1.807, 2.05) is 13.0 Å². The number of nitrogens with one attached hydrogen (secondary N) is 1. The summed E-state index contributed by atoms with van der Waals surface area (Å²) >= 11 is 0. The number of aromatic nitrogens is 3. The van der Waals surface area contributed by atoms with Gasteiger partial charge in [0.15, 0.2) is 0 Å². The van der Waals surface area contributed by atoms with Gasteiger partial charge in [0.25, 0.3) is 5.91 Å². The Morgan fingerprint density at radius 2 is 1.83 bits per heavy atom. The summed E-state index contributed by atoms with van der Waals surface area (Å²) in [7, 11) is 0. The zero-order valence-electron chi connectivity index (χ0n) is 22.0. The molecular formula is C30H26F4N4O3. The van der Waals surface area contributed by atoms with E-state index in [1.54, 1.807) is 12.1 Å². The summed E-state index contributed by atoms with van der Waals surface area (Å²) in [5, 5.41) is 22.4. The second-order valence-electron chi connectivity index (χ2n) is 10.6. The first-order valence-corrected chi connectivity index (χ1v) is 13.4. The first-order valence-electron chi connectivity index (χ1n) is 13.4. The maximum absolute atomic E-state index is 14.6. The monoisotopic (exact) mass is 566 g/mol. The van der Waals surface area contributed by atoms with Gasteiger partial charge in [-0.1, -0.05) is 6.92 Å². The zero-order valence-corrected chi connectivity index (χ0v) is 22.0. The lowest BCUT2D eigenvalue weighted by Gasteiger charge is -2.31. The maximum atomic E-state index is 14.6. The molecule has 2 aromatic carbocycles. The molecule has 0 saturated heterocycles. The molecule has 0 spiro atoms. The van der Waals surface area contributed by atoms with E-state index in [1.165, 1.54) is 36.4 Å². The summed E-state index contributed by atoms with van der Waals surface area (Å²) in [5.41, 5.74) is -1.86. The molecule has 1 amide bonds. The van der Waals surface area contributed by atoms with Crippen molar-refractivity contribution in [3.05, 3.63) is 82.9 Å². The number of alkyl halides is 3. The molecule has 0 bridgehead atoms. The minimum atomic E-state index is -5.19. The normalized spacial score (nSPS) is 18.0. The molecule has 2 aromatic heterocycles.